The summed E-state index contributed by atoms with van der Waals surface area (Å²) in [5.41, 5.74) is 1.35. The van der Waals surface area contributed by atoms with Crippen molar-refractivity contribution in [2.24, 2.45) is 5.92 Å². The fraction of sp³-hybridized carbons (Fsp3) is 0.600. The van der Waals surface area contributed by atoms with Crippen LogP contribution in [-0.4, -0.2) is 60.9 Å². The second-order valence-electron chi connectivity index (χ2n) is 7.33. The SMILES string of the molecule is CCCCN1C[C@H](C(=O)N2CC[NH+](Cc3ccccc3)CC2)CC1=O. The lowest BCUT2D eigenvalue weighted by Gasteiger charge is -2.33. The van der Waals surface area contributed by atoms with Gasteiger partial charge in [-0.2, -0.15) is 0 Å². The molecule has 0 unspecified atom stereocenters. The van der Waals surface area contributed by atoms with E-state index in [1.165, 1.54) is 10.5 Å². The molecule has 136 valence electrons. The van der Waals surface area contributed by atoms with Gasteiger partial charge in [-0.05, 0) is 6.42 Å². The van der Waals surface area contributed by atoms with Gasteiger partial charge in [0.05, 0.1) is 32.1 Å². The first-order valence-electron chi connectivity index (χ1n) is 9.61. The Hall–Kier alpha value is -1.88. The van der Waals surface area contributed by atoms with Gasteiger partial charge in [-0.25, -0.2) is 0 Å². The van der Waals surface area contributed by atoms with E-state index in [-0.39, 0.29) is 17.7 Å². The summed E-state index contributed by atoms with van der Waals surface area (Å²) in [6.07, 6.45) is 2.50. The number of unbranched alkanes of at least 4 members (excludes halogenated alkanes) is 1. The molecule has 2 fully saturated rings. The molecule has 2 aliphatic rings. The van der Waals surface area contributed by atoms with Crippen molar-refractivity contribution < 1.29 is 14.5 Å². The summed E-state index contributed by atoms with van der Waals surface area (Å²) in [7, 11) is 0. The molecule has 0 spiro atoms. The summed E-state index contributed by atoms with van der Waals surface area (Å²) < 4.78 is 0. The summed E-state index contributed by atoms with van der Waals surface area (Å²) in [5, 5.41) is 0. The van der Waals surface area contributed by atoms with Crippen LogP contribution in [0.2, 0.25) is 0 Å². The van der Waals surface area contributed by atoms with Crippen LogP contribution < -0.4 is 4.90 Å². The predicted octanol–water partition coefficient (Wildman–Crippen LogP) is 0.562. The van der Waals surface area contributed by atoms with Gasteiger partial charge in [-0.15, -0.1) is 0 Å². The Morgan fingerprint density at radius 1 is 1.20 bits per heavy atom. The van der Waals surface area contributed by atoms with Crippen LogP contribution >= 0.6 is 0 Å². The molecular weight excluding hydrogens is 314 g/mol. The van der Waals surface area contributed by atoms with Crippen LogP contribution in [0.15, 0.2) is 30.3 Å². The number of hydrogen-bond acceptors (Lipinski definition) is 2. The third-order valence-electron chi connectivity index (χ3n) is 5.42. The fourth-order valence-corrected chi connectivity index (χ4v) is 3.87. The number of benzene rings is 1. The summed E-state index contributed by atoms with van der Waals surface area (Å²) >= 11 is 0. The number of amides is 2. The van der Waals surface area contributed by atoms with E-state index in [1.54, 1.807) is 0 Å². The van der Waals surface area contributed by atoms with E-state index in [0.717, 1.165) is 52.1 Å². The van der Waals surface area contributed by atoms with E-state index < -0.39 is 0 Å². The highest BCUT2D eigenvalue weighted by Crippen LogP contribution is 2.20. The molecule has 2 heterocycles. The molecule has 1 atom stereocenters. The Balaban J connectivity index is 1.46. The summed E-state index contributed by atoms with van der Waals surface area (Å²) in [4.78, 5) is 30.2. The quantitative estimate of drug-likeness (QED) is 0.820. The maximum Gasteiger partial charge on any atom is 0.228 e. The minimum absolute atomic E-state index is 0.125. The van der Waals surface area contributed by atoms with Gasteiger partial charge < -0.3 is 14.7 Å². The van der Waals surface area contributed by atoms with Crippen molar-refractivity contribution in [1.82, 2.24) is 9.80 Å². The highest BCUT2D eigenvalue weighted by molar-refractivity contribution is 5.89. The molecule has 1 aromatic carbocycles. The van der Waals surface area contributed by atoms with Gasteiger partial charge in [0.2, 0.25) is 11.8 Å². The van der Waals surface area contributed by atoms with Gasteiger partial charge >= 0.3 is 0 Å². The first-order chi connectivity index (χ1) is 12.2. The van der Waals surface area contributed by atoms with Crippen molar-refractivity contribution in [1.29, 1.82) is 0 Å². The van der Waals surface area contributed by atoms with Gasteiger partial charge in [0, 0.05) is 25.1 Å². The molecule has 0 aromatic heterocycles. The zero-order valence-corrected chi connectivity index (χ0v) is 15.2. The molecule has 2 aliphatic heterocycles. The number of piperazine rings is 1. The van der Waals surface area contributed by atoms with E-state index in [4.69, 9.17) is 0 Å². The van der Waals surface area contributed by atoms with Crippen LogP contribution in [0.3, 0.4) is 0 Å². The minimum Gasteiger partial charge on any atom is -0.342 e. The lowest BCUT2D eigenvalue weighted by molar-refractivity contribution is -0.917. The maximum absolute atomic E-state index is 12.8. The Labute approximate surface area is 150 Å². The van der Waals surface area contributed by atoms with Crippen LogP contribution in [0.1, 0.15) is 31.7 Å². The van der Waals surface area contributed by atoms with Crippen molar-refractivity contribution in [2.45, 2.75) is 32.7 Å². The standard InChI is InChI=1S/C20H29N3O2/c1-2-3-9-23-16-18(14-19(23)24)20(25)22-12-10-21(11-13-22)15-17-7-5-4-6-8-17/h4-8,18H,2-3,9-16H2,1H3/p+1/t18-/m1/s1. The summed E-state index contributed by atoms with van der Waals surface area (Å²) in [6, 6.07) is 10.5. The van der Waals surface area contributed by atoms with Gasteiger partial charge in [0.25, 0.3) is 0 Å². The van der Waals surface area contributed by atoms with Crippen LogP contribution in [0.5, 0.6) is 0 Å². The number of quaternary nitrogens is 1. The van der Waals surface area contributed by atoms with E-state index in [9.17, 15) is 9.59 Å². The lowest BCUT2D eigenvalue weighted by Crippen LogP contribution is -3.13. The number of hydrogen-bond donors (Lipinski definition) is 1. The first-order valence-corrected chi connectivity index (χ1v) is 9.61. The highest BCUT2D eigenvalue weighted by Gasteiger charge is 2.37. The fourth-order valence-electron chi connectivity index (χ4n) is 3.87. The predicted molar refractivity (Wildman–Crippen MR) is 97.0 cm³/mol. The minimum atomic E-state index is -0.125. The number of likely N-dealkylation sites (tertiary alicyclic amines) is 1. The zero-order chi connectivity index (χ0) is 17.6. The van der Waals surface area contributed by atoms with E-state index in [2.05, 4.69) is 31.2 Å². The number of carbonyl (C=O) groups excluding carboxylic acids is 2. The van der Waals surface area contributed by atoms with Crippen molar-refractivity contribution in [3.8, 4) is 0 Å². The topological polar surface area (TPSA) is 45.1 Å². The van der Waals surface area contributed by atoms with Crippen molar-refractivity contribution in [3.63, 3.8) is 0 Å². The summed E-state index contributed by atoms with van der Waals surface area (Å²) in [5.74, 6) is 0.214. The lowest BCUT2D eigenvalue weighted by atomic mass is 10.1. The highest BCUT2D eigenvalue weighted by atomic mass is 16.2. The monoisotopic (exact) mass is 344 g/mol. The van der Waals surface area contributed by atoms with Crippen LogP contribution in [-0.2, 0) is 16.1 Å². The number of nitrogens with zero attached hydrogens (tertiary/aromatic N) is 2. The molecular formula is C20H30N3O2+. The van der Waals surface area contributed by atoms with E-state index in [1.807, 2.05) is 15.9 Å². The average molecular weight is 344 g/mol. The molecule has 3 rings (SSSR count). The molecule has 0 aliphatic carbocycles. The Morgan fingerprint density at radius 3 is 2.60 bits per heavy atom. The molecule has 1 N–H and O–H groups in total. The molecule has 25 heavy (non-hydrogen) atoms. The molecule has 5 nitrogen and oxygen atoms in total. The van der Waals surface area contributed by atoms with Gasteiger partial charge in [-0.1, -0.05) is 43.7 Å². The normalized spacial score (nSPS) is 21.8. The Bertz CT molecular complexity index is 582. The molecule has 0 radical (unpaired) electrons. The molecule has 2 amide bonds. The van der Waals surface area contributed by atoms with Crippen LogP contribution in [0.4, 0.5) is 0 Å². The number of nitrogens with one attached hydrogen (secondary N) is 1. The van der Waals surface area contributed by atoms with E-state index in [0.29, 0.717) is 13.0 Å². The van der Waals surface area contributed by atoms with Crippen molar-refractivity contribution >= 4 is 11.8 Å². The average Bonchev–Trinajstić information content (AvgIpc) is 3.01. The third kappa shape index (κ3) is 4.60. The maximum atomic E-state index is 12.8. The Kier molecular flexibility index (Phi) is 6.08. The zero-order valence-electron chi connectivity index (χ0n) is 15.2. The molecule has 0 bridgehead atoms. The van der Waals surface area contributed by atoms with Gasteiger partial charge in [0.1, 0.15) is 6.54 Å². The number of rotatable bonds is 6. The van der Waals surface area contributed by atoms with Crippen molar-refractivity contribution in [2.75, 3.05) is 39.3 Å². The first kappa shape index (κ1) is 17.9. The van der Waals surface area contributed by atoms with Crippen LogP contribution in [0, 0.1) is 5.92 Å². The number of carbonyl (C=O) groups is 2. The van der Waals surface area contributed by atoms with Crippen molar-refractivity contribution in [3.05, 3.63) is 35.9 Å². The smallest absolute Gasteiger partial charge is 0.228 e. The second kappa shape index (κ2) is 8.48. The molecule has 2 saturated heterocycles. The largest absolute Gasteiger partial charge is 0.342 e. The third-order valence-corrected chi connectivity index (χ3v) is 5.42. The van der Waals surface area contributed by atoms with Gasteiger partial charge in [0.15, 0.2) is 0 Å². The molecule has 1 aromatic rings. The summed E-state index contributed by atoms with van der Waals surface area (Å²) in [6.45, 7) is 8.15. The second-order valence-corrected chi connectivity index (χ2v) is 7.33. The Morgan fingerprint density at radius 2 is 1.92 bits per heavy atom. The van der Waals surface area contributed by atoms with E-state index >= 15 is 0 Å². The molecule has 5 heteroatoms. The van der Waals surface area contributed by atoms with Gasteiger partial charge in [-0.3, -0.25) is 9.59 Å². The molecule has 0 saturated carbocycles. The van der Waals surface area contributed by atoms with Crippen LogP contribution in [0.25, 0.3) is 0 Å².